The van der Waals surface area contributed by atoms with Crippen LogP contribution in [0.5, 0.6) is 0 Å². The molecule has 0 bridgehead atoms. The maximum absolute atomic E-state index is 12.9. The van der Waals surface area contributed by atoms with Crippen LogP contribution in [0.4, 0.5) is 5.69 Å². The van der Waals surface area contributed by atoms with Crippen LogP contribution in [-0.2, 0) is 0 Å². The highest BCUT2D eigenvalue weighted by atomic mass is 16.2. The predicted molar refractivity (Wildman–Crippen MR) is 150 cm³/mol. The van der Waals surface area contributed by atoms with Gasteiger partial charge in [0.2, 0.25) is 0 Å². The molecule has 0 aliphatic rings. The maximum Gasteiger partial charge on any atom is 0.255 e. The molecule has 0 fully saturated rings. The molecular formula is C29H43N5O3. The fraction of sp³-hybridized carbons (Fsp3) is 0.483. The minimum atomic E-state index is -0.303. The van der Waals surface area contributed by atoms with Crippen molar-refractivity contribution in [3.8, 4) is 0 Å². The molecule has 0 atom stereocenters. The highest BCUT2D eigenvalue weighted by Gasteiger charge is 2.15. The summed E-state index contributed by atoms with van der Waals surface area (Å²) in [6, 6.07) is 13.6. The van der Waals surface area contributed by atoms with Crippen LogP contribution in [0.2, 0.25) is 0 Å². The van der Waals surface area contributed by atoms with Gasteiger partial charge in [-0.1, -0.05) is 45.9 Å². The van der Waals surface area contributed by atoms with Gasteiger partial charge >= 0.3 is 0 Å². The number of rotatable bonds is 16. The molecule has 0 saturated heterocycles. The number of amides is 3. The Bertz CT molecular complexity index is 938. The fourth-order valence-corrected chi connectivity index (χ4v) is 4.05. The molecule has 0 aromatic heterocycles. The third-order valence-corrected chi connectivity index (χ3v) is 6.41. The molecule has 0 aliphatic carbocycles. The maximum atomic E-state index is 12.9. The van der Waals surface area contributed by atoms with Crippen LogP contribution in [0.1, 0.15) is 71.6 Å². The lowest BCUT2D eigenvalue weighted by Gasteiger charge is -2.18. The molecule has 202 valence electrons. The van der Waals surface area contributed by atoms with Crippen LogP contribution in [0.25, 0.3) is 0 Å². The largest absolute Gasteiger partial charge is 0.352 e. The average Bonchev–Trinajstić information content (AvgIpc) is 2.93. The lowest BCUT2D eigenvalue weighted by molar-refractivity contribution is 0.0949. The van der Waals surface area contributed by atoms with Crippen LogP contribution in [0.3, 0.4) is 0 Å². The van der Waals surface area contributed by atoms with Gasteiger partial charge in [0.1, 0.15) is 0 Å². The van der Waals surface area contributed by atoms with Crippen LogP contribution >= 0.6 is 0 Å². The first-order valence-electron chi connectivity index (χ1n) is 13.4. The van der Waals surface area contributed by atoms with Crippen molar-refractivity contribution < 1.29 is 14.4 Å². The molecule has 0 spiro atoms. The molecule has 3 N–H and O–H groups in total. The summed E-state index contributed by atoms with van der Waals surface area (Å²) in [6.07, 6.45) is 1.66. The number of anilines is 1. The van der Waals surface area contributed by atoms with E-state index in [0.717, 1.165) is 52.1 Å². The Morgan fingerprint density at radius 1 is 0.622 bits per heavy atom. The van der Waals surface area contributed by atoms with Crippen molar-refractivity contribution in [2.24, 2.45) is 0 Å². The van der Waals surface area contributed by atoms with Gasteiger partial charge in [0.25, 0.3) is 17.7 Å². The van der Waals surface area contributed by atoms with Crippen molar-refractivity contribution in [1.29, 1.82) is 0 Å². The Balaban J connectivity index is 2.11. The van der Waals surface area contributed by atoms with Gasteiger partial charge in [-0.2, -0.15) is 0 Å². The second-order valence-electron chi connectivity index (χ2n) is 8.89. The topological polar surface area (TPSA) is 93.8 Å². The number of benzene rings is 2. The van der Waals surface area contributed by atoms with Crippen LogP contribution in [0.15, 0.2) is 48.5 Å². The summed E-state index contributed by atoms with van der Waals surface area (Å²) >= 11 is 0. The van der Waals surface area contributed by atoms with E-state index in [1.54, 1.807) is 42.5 Å². The van der Waals surface area contributed by atoms with Crippen molar-refractivity contribution in [2.45, 2.75) is 40.5 Å². The third kappa shape index (κ3) is 10.3. The highest BCUT2D eigenvalue weighted by Crippen LogP contribution is 2.17. The van der Waals surface area contributed by atoms with E-state index in [9.17, 15) is 14.4 Å². The summed E-state index contributed by atoms with van der Waals surface area (Å²) in [5, 5.41) is 8.72. The molecule has 2 rings (SSSR count). The van der Waals surface area contributed by atoms with Crippen molar-refractivity contribution in [1.82, 2.24) is 20.4 Å². The smallest absolute Gasteiger partial charge is 0.255 e. The average molecular weight is 510 g/mol. The van der Waals surface area contributed by atoms with Gasteiger partial charge in [-0.3, -0.25) is 14.4 Å². The lowest BCUT2D eigenvalue weighted by Crippen LogP contribution is -2.31. The molecule has 0 saturated carbocycles. The summed E-state index contributed by atoms with van der Waals surface area (Å²) in [5.74, 6) is -0.847. The quantitative estimate of drug-likeness (QED) is 0.299. The minimum Gasteiger partial charge on any atom is -0.352 e. The zero-order valence-electron chi connectivity index (χ0n) is 22.8. The lowest BCUT2D eigenvalue weighted by atomic mass is 10.1. The summed E-state index contributed by atoms with van der Waals surface area (Å²) in [7, 11) is 0. The number of carbonyl (C=O) groups is 3. The van der Waals surface area contributed by atoms with E-state index < -0.39 is 0 Å². The Morgan fingerprint density at radius 3 is 1.51 bits per heavy atom. The number of nitrogens with zero attached hydrogens (tertiary/aromatic N) is 2. The summed E-state index contributed by atoms with van der Waals surface area (Å²) < 4.78 is 0. The number of nitrogens with one attached hydrogen (secondary N) is 3. The van der Waals surface area contributed by atoms with Crippen molar-refractivity contribution >= 4 is 23.4 Å². The zero-order chi connectivity index (χ0) is 27.0. The normalized spacial score (nSPS) is 11.0. The molecule has 8 heteroatoms. The molecule has 0 heterocycles. The first kappa shape index (κ1) is 30.0. The van der Waals surface area contributed by atoms with Crippen LogP contribution < -0.4 is 16.0 Å². The van der Waals surface area contributed by atoms with Gasteiger partial charge in [-0.05, 0) is 82.4 Å². The first-order chi connectivity index (χ1) is 17.9. The zero-order valence-corrected chi connectivity index (χ0v) is 22.8. The Labute approximate surface area is 221 Å². The van der Waals surface area contributed by atoms with Crippen molar-refractivity contribution in [3.63, 3.8) is 0 Å². The standard InChI is InChI=1S/C29H43N5O3/c1-5-33(6-2)18-12-16-30-27(35)24-20-25(28(36)31-17-13-19-34(7-3)8-4)22-26(21-24)32-29(37)23-14-10-9-11-15-23/h9-11,14-15,20-22H,5-8,12-13,16-19H2,1-4H3,(H,30,35)(H,31,36)(H,32,37). The SMILES string of the molecule is CCN(CC)CCCNC(=O)c1cc(NC(=O)c2ccccc2)cc(C(=O)NCCCN(CC)CC)c1. The Hall–Kier alpha value is -3.23. The highest BCUT2D eigenvalue weighted by molar-refractivity contribution is 6.07. The minimum absolute atomic E-state index is 0.272. The van der Waals surface area contributed by atoms with E-state index in [1.807, 2.05) is 6.07 Å². The van der Waals surface area contributed by atoms with E-state index >= 15 is 0 Å². The number of hydrogen-bond acceptors (Lipinski definition) is 5. The molecular weight excluding hydrogens is 466 g/mol. The van der Waals surface area contributed by atoms with Gasteiger partial charge in [0, 0.05) is 35.5 Å². The number of carbonyl (C=O) groups excluding carboxylic acids is 3. The van der Waals surface area contributed by atoms with Gasteiger partial charge in [-0.15, -0.1) is 0 Å². The third-order valence-electron chi connectivity index (χ3n) is 6.41. The molecule has 0 aliphatic heterocycles. The van der Waals surface area contributed by atoms with Crippen LogP contribution in [0, 0.1) is 0 Å². The van der Waals surface area contributed by atoms with E-state index in [-0.39, 0.29) is 17.7 Å². The van der Waals surface area contributed by atoms with E-state index in [0.29, 0.717) is 35.5 Å². The summed E-state index contributed by atoms with van der Waals surface area (Å²) in [6.45, 7) is 15.2. The van der Waals surface area contributed by atoms with Gasteiger partial charge in [0.05, 0.1) is 0 Å². The first-order valence-corrected chi connectivity index (χ1v) is 13.4. The van der Waals surface area contributed by atoms with E-state index in [2.05, 4.69) is 53.4 Å². The molecule has 8 nitrogen and oxygen atoms in total. The monoisotopic (exact) mass is 509 g/mol. The second kappa shape index (κ2) is 16.5. The Morgan fingerprint density at radius 2 is 1.08 bits per heavy atom. The van der Waals surface area contributed by atoms with Crippen molar-refractivity contribution in [3.05, 3.63) is 65.2 Å². The molecule has 0 unspecified atom stereocenters. The van der Waals surface area contributed by atoms with Gasteiger partial charge in [0.15, 0.2) is 0 Å². The molecule has 3 amide bonds. The molecule has 37 heavy (non-hydrogen) atoms. The van der Waals surface area contributed by atoms with E-state index in [4.69, 9.17) is 0 Å². The second-order valence-corrected chi connectivity index (χ2v) is 8.89. The summed E-state index contributed by atoms with van der Waals surface area (Å²) in [5.41, 5.74) is 1.57. The van der Waals surface area contributed by atoms with Gasteiger partial charge in [-0.25, -0.2) is 0 Å². The molecule has 0 radical (unpaired) electrons. The predicted octanol–water partition coefficient (Wildman–Crippen LogP) is 3.86. The van der Waals surface area contributed by atoms with Gasteiger partial charge < -0.3 is 25.8 Å². The Kier molecular flexibility index (Phi) is 13.4. The molecule has 2 aromatic rings. The fourth-order valence-electron chi connectivity index (χ4n) is 4.05. The number of hydrogen-bond donors (Lipinski definition) is 3. The van der Waals surface area contributed by atoms with Crippen molar-refractivity contribution in [2.75, 3.05) is 57.7 Å². The van der Waals surface area contributed by atoms with E-state index in [1.165, 1.54) is 0 Å². The summed E-state index contributed by atoms with van der Waals surface area (Å²) in [4.78, 5) is 43.2. The van der Waals surface area contributed by atoms with Crippen LogP contribution in [-0.4, -0.2) is 79.9 Å². The molecule has 2 aromatic carbocycles.